The maximum Gasteiger partial charge on any atom is 0.169 e. The number of thiazole rings is 1. The molecule has 0 aliphatic heterocycles. The smallest absolute Gasteiger partial charge is 0.169 e. The van der Waals surface area contributed by atoms with Crippen LogP contribution in [0.1, 0.15) is 15.5 Å². The molecule has 2 nitrogen and oxygen atoms in total. The van der Waals surface area contributed by atoms with Gasteiger partial charge in [-0.2, -0.15) is 11.8 Å². The lowest BCUT2D eigenvalue weighted by Crippen LogP contribution is -1.80. The Morgan fingerprint density at radius 2 is 2.70 bits per heavy atom. The van der Waals surface area contributed by atoms with Crippen LogP contribution in [0.3, 0.4) is 0 Å². The second-order valence-electron chi connectivity index (χ2n) is 1.72. The van der Waals surface area contributed by atoms with Crippen molar-refractivity contribution < 1.29 is 4.79 Å². The van der Waals surface area contributed by atoms with Crippen LogP contribution in [0, 0.1) is 0 Å². The Balaban J connectivity index is 2.68. The third kappa shape index (κ3) is 1.82. The van der Waals surface area contributed by atoms with Gasteiger partial charge in [0.2, 0.25) is 0 Å². The van der Waals surface area contributed by atoms with Crippen molar-refractivity contribution >= 4 is 29.4 Å². The van der Waals surface area contributed by atoms with Crippen molar-refractivity contribution in [2.75, 3.05) is 6.26 Å². The summed E-state index contributed by atoms with van der Waals surface area (Å²) >= 11 is 3.25. The quantitative estimate of drug-likeness (QED) is 0.653. The van der Waals surface area contributed by atoms with Crippen LogP contribution in [0.25, 0.3) is 0 Å². The number of rotatable bonds is 3. The summed E-state index contributed by atoms with van der Waals surface area (Å²) in [4.78, 5) is 14.2. The van der Waals surface area contributed by atoms with Gasteiger partial charge in [0.25, 0.3) is 0 Å². The number of carbonyl (C=O) groups is 1. The Bertz CT molecular complexity index is 221. The van der Waals surface area contributed by atoms with Gasteiger partial charge in [-0.05, 0) is 6.26 Å². The second kappa shape index (κ2) is 3.73. The van der Waals surface area contributed by atoms with Crippen LogP contribution in [0.5, 0.6) is 0 Å². The van der Waals surface area contributed by atoms with E-state index in [1.807, 2.05) is 6.26 Å². The standard InChI is InChI=1S/C6H7NOS2/c1-9-4-6-7-5(2-8)3-10-6/h2-3H,4H2,1H3. The molecule has 1 heterocycles. The van der Waals surface area contributed by atoms with Crippen LogP contribution < -0.4 is 0 Å². The Hall–Kier alpha value is -0.350. The van der Waals surface area contributed by atoms with Gasteiger partial charge >= 0.3 is 0 Å². The SMILES string of the molecule is CSCc1nc(C=O)cs1. The number of thioether (sulfide) groups is 1. The molecule has 0 radical (unpaired) electrons. The molecule has 4 heteroatoms. The number of aldehydes is 1. The number of aromatic nitrogens is 1. The van der Waals surface area contributed by atoms with Crippen molar-refractivity contribution in [1.82, 2.24) is 4.98 Å². The van der Waals surface area contributed by atoms with E-state index < -0.39 is 0 Å². The zero-order valence-corrected chi connectivity index (χ0v) is 7.17. The highest BCUT2D eigenvalue weighted by molar-refractivity contribution is 7.97. The monoisotopic (exact) mass is 173 g/mol. The van der Waals surface area contributed by atoms with Crippen LogP contribution in [-0.4, -0.2) is 17.5 Å². The molecule has 0 saturated carbocycles. The molecule has 0 spiro atoms. The van der Waals surface area contributed by atoms with Crippen molar-refractivity contribution in [1.29, 1.82) is 0 Å². The van der Waals surface area contributed by atoms with Crippen molar-refractivity contribution in [3.05, 3.63) is 16.1 Å². The molecule has 1 rings (SSSR count). The molecular formula is C6H7NOS2. The van der Waals surface area contributed by atoms with Gasteiger partial charge in [-0.3, -0.25) is 4.79 Å². The molecule has 10 heavy (non-hydrogen) atoms. The van der Waals surface area contributed by atoms with Gasteiger partial charge in [0, 0.05) is 11.1 Å². The normalized spacial score (nSPS) is 9.70. The Morgan fingerprint density at radius 1 is 1.90 bits per heavy atom. The highest BCUT2D eigenvalue weighted by atomic mass is 32.2. The molecule has 0 unspecified atom stereocenters. The predicted octanol–water partition coefficient (Wildman–Crippen LogP) is 1.82. The fourth-order valence-electron chi connectivity index (χ4n) is 0.569. The van der Waals surface area contributed by atoms with E-state index in [0.717, 1.165) is 17.0 Å². The third-order valence-corrected chi connectivity index (χ3v) is 2.57. The van der Waals surface area contributed by atoms with E-state index in [0.29, 0.717) is 5.69 Å². The summed E-state index contributed by atoms with van der Waals surface area (Å²) in [5.41, 5.74) is 0.550. The first kappa shape index (κ1) is 7.75. The average Bonchev–Trinajstić information content (AvgIpc) is 2.37. The van der Waals surface area contributed by atoms with E-state index in [9.17, 15) is 4.79 Å². The van der Waals surface area contributed by atoms with Crippen molar-refractivity contribution in [2.45, 2.75) is 5.75 Å². The summed E-state index contributed by atoms with van der Waals surface area (Å²) < 4.78 is 0. The molecule has 0 atom stereocenters. The minimum absolute atomic E-state index is 0.550. The van der Waals surface area contributed by atoms with Crippen LogP contribution in [0.15, 0.2) is 5.38 Å². The maximum absolute atomic E-state index is 10.2. The zero-order valence-electron chi connectivity index (χ0n) is 5.53. The van der Waals surface area contributed by atoms with E-state index in [2.05, 4.69) is 4.98 Å². The zero-order chi connectivity index (χ0) is 7.40. The summed E-state index contributed by atoms with van der Waals surface area (Å²) in [6.07, 6.45) is 2.79. The molecule has 1 aromatic heterocycles. The molecule has 0 aliphatic rings. The van der Waals surface area contributed by atoms with E-state index in [4.69, 9.17) is 0 Å². The molecular weight excluding hydrogens is 166 g/mol. The topological polar surface area (TPSA) is 30.0 Å². The molecule has 54 valence electrons. The molecule has 0 N–H and O–H groups in total. The number of carbonyl (C=O) groups excluding carboxylic acids is 1. The first-order valence-electron chi connectivity index (χ1n) is 2.75. The highest BCUT2D eigenvalue weighted by Gasteiger charge is 1.97. The number of hydrogen-bond donors (Lipinski definition) is 0. The van der Waals surface area contributed by atoms with Gasteiger partial charge in [-0.25, -0.2) is 4.98 Å². The number of hydrogen-bond acceptors (Lipinski definition) is 4. The molecule has 0 fully saturated rings. The van der Waals surface area contributed by atoms with Gasteiger partial charge in [0.05, 0.1) is 0 Å². The lowest BCUT2D eigenvalue weighted by Gasteiger charge is -1.85. The van der Waals surface area contributed by atoms with Crippen molar-refractivity contribution in [3.63, 3.8) is 0 Å². The van der Waals surface area contributed by atoms with E-state index in [1.54, 1.807) is 17.1 Å². The minimum Gasteiger partial charge on any atom is -0.296 e. The molecule has 0 saturated heterocycles. The van der Waals surface area contributed by atoms with Gasteiger partial charge in [0.15, 0.2) is 6.29 Å². The predicted molar refractivity (Wildman–Crippen MR) is 44.7 cm³/mol. The van der Waals surface area contributed by atoms with E-state index in [1.165, 1.54) is 11.3 Å². The van der Waals surface area contributed by atoms with Crippen molar-refractivity contribution in [3.8, 4) is 0 Å². The average molecular weight is 173 g/mol. The highest BCUT2D eigenvalue weighted by Crippen LogP contribution is 2.13. The van der Waals surface area contributed by atoms with Gasteiger partial charge in [-0.1, -0.05) is 0 Å². The first-order chi connectivity index (χ1) is 4.86. The lowest BCUT2D eigenvalue weighted by molar-refractivity contribution is 0.111. The largest absolute Gasteiger partial charge is 0.296 e. The number of nitrogens with zero attached hydrogens (tertiary/aromatic N) is 1. The summed E-state index contributed by atoms with van der Waals surface area (Å²) in [6.45, 7) is 0. The first-order valence-corrected chi connectivity index (χ1v) is 5.02. The van der Waals surface area contributed by atoms with Crippen LogP contribution >= 0.6 is 23.1 Å². The van der Waals surface area contributed by atoms with Crippen LogP contribution in [0.4, 0.5) is 0 Å². The summed E-state index contributed by atoms with van der Waals surface area (Å²) in [7, 11) is 0. The summed E-state index contributed by atoms with van der Waals surface area (Å²) in [5, 5.41) is 2.80. The Kier molecular flexibility index (Phi) is 2.89. The van der Waals surface area contributed by atoms with Gasteiger partial charge in [-0.15, -0.1) is 11.3 Å². The second-order valence-corrected chi connectivity index (χ2v) is 3.53. The van der Waals surface area contributed by atoms with E-state index >= 15 is 0 Å². The fraction of sp³-hybridized carbons (Fsp3) is 0.333. The van der Waals surface area contributed by atoms with Crippen LogP contribution in [-0.2, 0) is 5.75 Å². The Labute approximate surface area is 67.7 Å². The van der Waals surface area contributed by atoms with Gasteiger partial charge < -0.3 is 0 Å². The molecule has 0 amide bonds. The maximum atomic E-state index is 10.2. The van der Waals surface area contributed by atoms with Gasteiger partial charge in [0.1, 0.15) is 10.7 Å². The third-order valence-electron chi connectivity index (χ3n) is 0.958. The molecule has 0 aliphatic carbocycles. The Morgan fingerprint density at radius 3 is 3.20 bits per heavy atom. The summed E-state index contributed by atoms with van der Waals surface area (Å²) in [5.74, 6) is 0.901. The minimum atomic E-state index is 0.550. The summed E-state index contributed by atoms with van der Waals surface area (Å²) in [6, 6.07) is 0. The molecule has 0 bridgehead atoms. The van der Waals surface area contributed by atoms with Crippen molar-refractivity contribution in [2.24, 2.45) is 0 Å². The molecule has 1 aromatic rings. The lowest BCUT2D eigenvalue weighted by atomic mass is 10.6. The van der Waals surface area contributed by atoms with Crippen LogP contribution in [0.2, 0.25) is 0 Å². The fourth-order valence-corrected chi connectivity index (χ4v) is 2.03. The van der Waals surface area contributed by atoms with E-state index in [-0.39, 0.29) is 0 Å². The molecule has 0 aromatic carbocycles.